The van der Waals surface area contributed by atoms with Gasteiger partial charge in [0, 0.05) is 24.2 Å². The first-order chi connectivity index (χ1) is 15.0. The fraction of sp³-hybridized carbons (Fsp3) is 0.273. The van der Waals surface area contributed by atoms with Crippen LogP contribution in [0, 0.1) is 0 Å². The van der Waals surface area contributed by atoms with Gasteiger partial charge in [0.05, 0.1) is 13.5 Å². The molecule has 9 heteroatoms. The van der Waals surface area contributed by atoms with E-state index in [-0.39, 0.29) is 19.3 Å². The third-order valence-corrected chi connectivity index (χ3v) is 4.09. The summed E-state index contributed by atoms with van der Waals surface area (Å²) in [7, 11) is 1.20. The number of carbonyl (C=O) groups is 4. The van der Waals surface area contributed by atoms with Crippen LogP contribution in [0.15, 0.2) is 60.7 Å². The molecule has 2 rings (SSSR count). The molecule has 0 aliphatic carbocycles. The first-order valence-electron chi connectivity index (χ1n) is 9.56. The lowest BCUT2D eigenvalue weighted by atomic mass is 10.1. The highest BCUT2D eigenvalue weighted by atomic mass is 16.6. The summed E-state index contributed by atoms with van der Waals surface area (Å²) in [5.74, 6) is -0.615. The highest BCUT2D eigenvalue weighted by molar-refractivity contribution is 5.85. The number of amides is 2. The van der Waals surface area contributed by atoms with Crippen molar-refractivity contribution in [3.8, 4) is 0 Å². The zero-order chi connectivity index (χ0) is 22.5. The summed E-state index contributed by atoms with van der Waals surface area (Å²) in [6.45, 7) is 0. The summed E-state index contributed by atoms with van der Waals surface area (Å²) in [6.07, 6.45) is -3.35. The molecule has 9 nitrogen and oxygen atoms in total. The molecule has 0 saturated carbocycles. The molecular formula is C22H24N2O7. The standard InChI is InChI=1S/C22H24N2O7/c1-29-20(26)15-19(31-22(28)24-17-10-6-3-7-11-17)14-18(12-13-25)30-21(27)23-16-8-4-2-5-9-16/h2-11,13,18-19H,12,14-15H2,1H3,(H,23,27)(H,24,28). The Morgan fingerprint density at radius 3 is 1.77 bits per heavy atom. The van der Waals surface area contributed by atoms with Crippen LogP contribution in [0.4, 0.5) is 21.0 Å². The molecule has 0 saturated heterocycles. The lowest BCUT2D eigenvalue weighted by molar-refractivity contribution is -0.143. The summed E-state index contributed by atoms with van der Waals surface area (Å²) in [5, 5.41) is 5.08. The van der Waals surface area contributed by atoms with E-state index in [0.29, 0.717) is 17.7 Å². The molecule has 0 aliphatic rings. The molecule has 0 aromatic heterocycles. The topological polar surface area (TPSA) is 120 Å². The Kier molecular flexibility index (Phi) is 9.54. The van der Waals surface area contributed by atoms with Gasteiger partial charge in [0.15, 0.2) is 0 Å². The first-order valence-corrected chi connectivity index (χ1v) is 9.56. The van der Waals surface area contributed by atoms with Crippen LogP contribution in [0.1, 0.15) is 19.3 Å². The molecule has 0 spiro atoms. The van der Waals surface area contributed by atoms with E-state index < -0.39 is 30.4 Å². The lowest BCUT2D eigenvalue weighted by Gasteiger charge is -2.22. The molecule has 0 radical (unpaired) electrons. The van der Waals surface area contributed by atoms with Gasteiger partial charge in [0.25, 0.3) is 0 Å². The highest BCUT2D eigenvalue weighted by Gasteiger charge is 2.26. The molecule has 0 fully saturated rings. The van der Waals surface area contributed by atoms with Crippen LogP contribution in [0.3, 0.4) is 0 Å². The van der Waals surface area contributed by atoms with Gasteiger partial charge >= 0.3 is 18.2 Å². The Balaban J connectivity index is 2.00. The van der Waals surface area contributed by atoms with Gasteiger partial charge in [-0.15, -0.1) is 0 Å². The number of nitrogens with one attached hydrogen (secondary N) is 2. The molecule has 0 aliphatic heterocycles. The summed E-state index contributed by atoms with van der Waals surface area (Å²) >= 11 is 0. The molecule has 0 bridgehead atoms. The number of methoxy groups -OCH3 is 1. The number of para-hydroxylation sites is 2. The third-order valence-electron chi connectivity index (χ3n) is 4.09. The zero-order valence-corrected chi connectivity index (χ0v) is 17.0. The van der Waals surface area contributed by atoms with Gasteiger partial charge < -0.3 is 19.0 Å². The fourth-order valence-corrected chi connectivity index (χ4v) is 2.68. The Morgan fingerprint density at radius 1 is 0.839 bits per heavy atom. The van der Waals surface area contributed by atoms with E-state index in [9.17, 15) is 19.2 Å². The largest absolute Gasteiger partial charge is 0.469 e. The van der Waals surface area contributed by atoms with Crippen LogP contribution in [0.2, 0.25) is 0 Å². The van der Waals surface area contributed by atoms with Crippen LogP contribution < -0.4 is 10.6 Å². The number of rotatable bonds is 10. The maximum Gasteiger partial charge on any atom is 0.411 e. The van der Waals surface area contributed by atoms with Crippen molar-refractivity contribution in [3.05, 3.63) is 60.7 Å². The molecule has 2 aromatic rings. The maximum absolute atomic E-state index is 12.2. The van der Waals surface area contributed by atoms with Gasteiger partial charge in [-0.1, -0.05) is 36.4 Å². The smallest absolute Gasteiger partial charge is 0.411 e. The summed E-state index contributed by atoms with van der Waals surface area (Å²) in [4.78, 5) is 47.2. The van der Waals surface area contributed by atoms with Gasteiger partial charge in [0.2, 0.25) is 0 Å². The van der Waals surface area contributed by atoms with Gasteiger partial charge in [-0.25, -0.2) is 9.59 Å². The number of anilines is 2. The number of hydrogen-bond donors (Lipinski definition) is 2. The molecule has 2 atom stereocenters. The number of aldehydes is 1. The molecule has 2 aromatic carbocycles. The second kappa shape index (κ2) is 12.6. The van der Waals surface area contributed by atoms with E-state index in [0.717, 1.165) is 0 Å². The van der Waals surface area contributed by atoms with Crippen LogP contribution >= 0.6 is 0 Å². The monoisotopic (exact) mass is 428 g/mol. The molecule has 31 heavy (non-hydrogen) atoms. The Bertz CT molecular complexity index is 859. The maximum atomic E-state index is 12.2. The number of carbonyl (C=O) groups excluding carboxylic acids is 4. The molecule has 2 amide bonds. The average Bonchev–Trinajstić information content (AvgIpc) is 2.75. The Morgan fingerprint density at radius 2 is 1.32 bits per heavy atom. The second-order valence-electron chi connectivity index (χ2n) is 6.46. The van der Waals surface area contributed by atoms with E-state index in [1.807, 2.05) is 0 Å². The minimum atomic E-state index is -0.981. The van der Waals surface area contributed by atoms with Crippen molar-refractivity contribution in [2.24, 2.45) is 0 Å². The van der Waals surface area contributed by atoms with Crippen LogP contribution in [-0.4, -0.2) is 43.8 Å². The van der Waals surface area contributed by atoms with E-state index in [4.69, 9.17) is 9.47 Å². The quantitative estimate of drug-likeness (QED) is 0.336. The van der Waals surface area contributed by atoms with Crippen LogP contribution in [-0.2, 0) is 23.8 Å². The summed E-state index contributed by atoms with van der Waals surface area (Å²) < 4.78 is 15.3. The van der Waals surface area contributed by atoms with E-state index in [1.165, 1.54) is 7.11 Å². The predicted octanol–water partition coefficient (Wildman–Crippen LogP) is 3.76. The number of esters is 1. The second-order valence-corrected chi connectivity index (χ2v) is 6.46. The summed E-state index contributed by atoms with van der Waals surface area (Å²) in [6, 6.07) is 17.2. The molecular weight excluding hydrogens is 404 g/mol. The van der Waals surface area contributed by atoms with Crippen molar-refractivity contribution in [1.82, 2.24) is 0 Å². The van der Waals surface area contributed by atoms with E-state index in [1.54, 1.807) is 60.7 Å². The Labute approximate surface area is 179 Å². The minimum absolute atomic E-state index is 0.0712. The summed E-state index contributed by atoms with van der Waals surface area (Å²) in [5.41, 5.74) is 1.02. The normalized spacial score (nSPS) is 12.0. The van der Waals surface area contributed by atoms with Crippen molar-refractivity contribution in [2.45, 2.75) is 31.5 Å². The Hall–Kier alpha value is -3.88. The average molecular weight is 428 g/mol. The van der Waals surface area contributed by atoms with Crippen molar-refractivity contribution in [1.29, 1.82) is 0 Å². The minimum Gasteiger partial charge on any atom is -0.469 e. The van der Waals surface area contributed by atoms with Gasteiger partial charge in [-0.3, -0.25) is 15.4 Å². The van der Waals surface area contributed by atoms with Crippen molar-refractivity contribution < 1.29 is 33.4 Å². The predicted molar refractivity (Wildman–Crippen MR) is 113 cm³/mol. The molecule has 0 heterocycles. The van der Waals surface area contributed by atoms with Gasteiger partial charge in [-0.05, 0) is 24.3 Å². The first kappa shape index (κ1) is 23.4. The van der Waals surface area contributed by atoms with Crippen molar-refractivity contribution >= 4 is 35.8 Å². The third kappa shape index (κ3) is 8.99. The number of ether oxygens (including phenoxy) is 3. The van der Waals surface area contributed by atoms with Crippen molar-refractivity contribution in [3.63, 3.8) is 0 Å². The van der Waals surface area contributed by atoms with Crippen molar-refractivity contribution in [2.75, 3.05) is 17.7 Å². The fourth-order valence-electron chi connectivity index (χ4n) is 2.68. The molecule has 2 unspecified atom stereocenters. The van der Waals surface area contributed by atoms with Gasteiger partial charge in [-0.2, -0.15) is 0 Å². The SMILES string of the molecule is COC(=O)CC(CC(CC=O)OC(=O)Nc1ccccc1)OC(=O)Nc1ccccc1. The zero-order valence-electron chi connectivity index (χ0n) is 17.0. The van der Waals surface area contributed by atoms with E-state index >= 15 is 0 Å². The highest BCUT2D eigenvalue weighted by Crippen LogP contribution is 2.16. The van der Waals surface area contributed by atoms with Crippen LogP contribution in [0.5, 0.6) is 0 Å². The van der Waals surface area contributed by atoms with Crippen LogP contribution in [0.25, 0.3) is 0 Å². The number of benzene rings is 2. The molecule has 2 N–H and O–H groups in total. The van der Waals surface area contributed by atoms with E-state index in [2.05, 4.69) is 15.4 Å². The number of hydrogen-bond acceptors (Lipinski definition) is 7. The molecule has 164 valence electrons. The van der Waals surface area contributed by atoms with Gasteiger partial charge in [0.1, 0.15) is 18.5 Å². The lowest BCUT2D eigenvalue weighted by Crippen LogP contribution is -2.32.